The van der Waals surface area contributed by atoms with Crippen LogP contribution in [0.2, 0.25) is 0 Å². The predicted molar refractivity (Wildman–Crippen MR) is 53.6 cm³/mol. The molecular weight excluding hydrogens is 164 g/mol. The molecule has 0 aliphatic carbocycles. The van der Waals surface area contributed by atoms with E-state index in [9.17, 15) is 4.79 Å². The van der Waals surface area contributed by atoms with Crippen molar-refractivity contribution >= 4 is 16.6 Å². The molecule has 13 heavy (non-hydrogen) atoms. The summed E-state index contributed by atoms with van der Waals surface area (Å²) in [6, 6.07) is 8.84. The van der Waals surface area contributed by atoms with E-state index in [1.807, 2.05) is 18.2 Å². The van der Waals surface area contributed by atoms with E-state index < -0.39 is 0 Å². The number of anilines is 1. The number of nitrogens with two attached hydrogens (primary N) is 1. The third kappa shape index (κ3) is 1.09. The number of fused-ring (bicyclic) bond motifs is 1. The molecule has 0 aliphatic heterocycles. The van der Waals surface area contributed by atoms with Crippen LogP contribution < -0.4 is 11.3 Å². The van der Waals surface area contributed by atoms with Gasteiger partial charge in [-0.2, -0.15) is 0 Å². The Morgan fingerprint density at radius 2 is 2.00 bits per heavy atom. The van der Waals surface area contributed by atoms with Gasteiger partial charge < -0.3 is 10.3 Å². The van der Waals surface area contributed by atoms with Crippen LogP contribution in [0.4, 0.5) is 5.69 Å². The number of hydrogen-bond acceptors (Lipinski definition) is 2. The van der Waals surface area contributed by atoms with Crippen molar-refractivity contribution in [2.24, 2.45) is 7.05 Å². The van der Waals surface area contributed by atoms with Crippen molar-refractivity contribution < 1.29 is 0 Å². The fourth-order valence-electron chi connectivity index (χ4n) is 1.43. The standard InChI is InChI=1S/C10H10N2O/c1-12-9-4-2-3-8(11)7(9)5-6-10(12)13/h2-6H,11H2,1H3. The Hall–Kier alpha value is -1.77. The van der Waals surface area contributed by atoms with Crippen LogP contribution in [-0.2, 0) is 7.05 Å². The van der Waals surface area contributed by atoms with Gasteiger partial charge >= 0.3 is 0 Å². The summed E-state index contributed by atoms with van der Waals surface area (Å²) in [5.74, 6) is 0. The number of benzene rings is 1. The molecule has 0 fully saturated rings. The molecule has 1 aromatic carbocycles. The quantitative estimate of drug-likeness (QED) is 0.608. The van der Waals surface area contributed by atoms with E-state index in [2.05, 4.69) is 0 Å². The third-order valence-electron chi connectivity index (χ3n) is 2.20. The van der Waals surface area contributed by atoms with Crippen LogP contribution in [0.3, 0.4) is 0 Å². The molecule has 66 valence electrons. The number of hydrogen-bond donors (Lipinski definition) is 1. The Morgan fingerprint density at radius 1 is 1.23 bits per heavy atom. The largest absolute Gasteiger partial charge is 0.398 e. The van der Waals surface area contributed by atoms with Crippen LogP contribution in [0.1, 0.15) is 0 Å². The van der Waals surface area contributed by atoms with E-state index in [1.165, 1.54) is 6.07 Å². The molecule has 0 bridgehead atoms. The summed E-state index contributed by atoms with van der Waals surface area (Å²) >= 11 is 0. The first-order valence-electron chi connectivity index (χ1n) is 4.04. The second-order valence-corrected chi connectivity index (χ2v) is 3.01. The summed E-state index contributed by atoms with van der Waals surface area (Å²) in [4.78, 5) is 11.3. The minimum Gasteiger partial charge on any atom is -0.398 e. The molecule has 3 heteroatoms. The molecule has 0 saturated heterocycles. The Labute approximate surface area is 75.4 Å². The zero-order valence-corrected chi connectivity index (χ0v) is 7.32. The van der Waals surface area contributed by atoms with E-state index in [0.717, 1.165) is 10.9 Å². The van der Waals surface area contributed by atoms with E-state index in [1.54, 1.807) is 17.7 Å². The second-order valence-electron chi connectivity index (χ2n) is 3.01. The van der Waals surface area contributed by atoms with Gasteiger partial charge in [0.25, 0.3) is 5.56 Å². The molecule has 2 aromatic rings. The zero-order valence-electron chi connectivity index (χ0n) is 7.32. The van der Waals surface area contributed by atoms with Crippen molar-refractivity contribution in [2.75, 3.05) is 5.73 Å². The van der Waals surface area contributed by atoms with Crippen molar-refractivity contribution in [3.63, 3.8) is 0 Å². The van der Waals surface area contributed by atoms with Gasteiger partial charge in [-0.05, 0) is 18.2 Å². The van der Waals surface area contributed by atoms with Crippen LogP contribution in [0.25, 0.3) is 10.9 Å². The first kappa shape index (κ1) is 7.86. The minimum atomic E-state index is -0.0156. The minimum absolute atomic E-state index is 0.0156. The summed E-state index contributed by atoms with van der Waals surface area (Å²) in [5.41, 5.74) is 7.31. The number of nitrogens with zero attached hydrogens (tertiary/aromatic N) is 1. The van der Waals surface area contributed by atoms with Gasteiger partial charge in [0.15, 0.2) is 0 Å². The van der Waals surface area contributed by atoms with E-state index in [-0.39, 0.29) is 5.56 Å². The van der Waals surface area contributed by atoms with Crippen molar-refractivity contribution in [1.82, 2.24) is 4.57 Å². The van der Waals surface area contributed by atoms with Gasteiger partial charge in [-0.15, -0.1) is 0 Å². The van der Waals surface area contributed by atoms with Gasteiger partial charge in [0.2, 0.25) is 0 Å². The normalized spacial score (nSPS) is 10.5. The maximum Gasteiger partial charge on any atom is 0.250 e. The summed E-state index contributed by atoms with van der Waals surface area (Å²) in [6.45, 7) is 0. The number of aromatic nitrogens is 1. The first-order chi connectivity index (χ1) is 6.20. The van der Waals surface area contributed by atoms with E-state index in [4.69, 9.17) is 5.73 Å². The molecule has 2 N–H and O–H groups in total. The Kier molecular flexibility index (Phi) is 1.59. The van der Waals surface area contributed by atoms with Crippen molar-refractivity contribution in [3.05, 3.63) is 40.7 Å². The van der Waals surface area contributed by atoms with Gasteiger partial charge in [-0.3, -0.25) is 4.79 Å². The van der Waals surface area contributed by atoms with Crippen molar-refractivity contribution in [3.8, 4) is 0 Å². The molecule has 0 radical (unpaired) electrons. The Balaban J connectivity index is 3.03. The molecule has 0 saturated carbocycles. The third-order valence-corrected chi connectivity index (χ3v) is 2.20. The maximum atomic E-state index is 11.3. The lowest BCUT2D eigenvalue weighted by Crippen LogP contribution is -2.15. The van der Waals surface area contributed by atoms with Crippen LogP contribution >= 0.6 is 0 Å². The summed E-state index contributed by atoms with van der Waals surface area (Å²) in [7, 11) is 1.74. The lowest BCUT2D eigenvalue weighted by Gasteiger charge is -2.05. The van der Waals surface area contributed by atoms with E-state index >= 15 is 0 Å². The summed E-state index contributed by atoms with van der Waals surface area (Å²) in [5, 5.41) is 0.921. The number of rotatable bonds is 0. The first-order valence-corrected chi connectivity index (χ1v) is 4.04. The second kappa shape index (κ2) is 2.62. The maximum absolute atomic E-state index is 11.3. The van der Waals surface area contributed by atoms with Gasteiger partial charge in [0.05, 0.1) is 5.52 Å². The fourth-order valence-corrected chi connectivity index (χ4v) is 1.43. The SMILES string of the molecule is Cn1c(=O)ccc2c(N)cccc21. The van der Waals surface area contributed by atoms with Crippen LogP contribution in [-0.4, -0.2) is 4.57 Å². The molecule has 0 spiro atoms. The van der Waals surface area contributed by atoms with Crippen LogP contribution in [0.15, 0.2) is 35.1 Å². The molecule has 0 amide bonds. The monoisotopic (exact) mass is 174 g/mol. The van der Waals surface area contributed by atoms with Crippen LogP contribution in [0.5, 0.6) is 0 Å². The highest BCUT2D eigenvalue weighted by Gasteiger charge is 2.00. The van der Waals surface area contributed by atoms with Gasteiger partial charge in [0, 0.05) is 24.2 Å². The molecule has 2 rings (SSSR count). The lowest BCUT2D eigenvalue weighted by molar-refractivity contribution is 0.906. The number of nitrogen functional groups attached to an aromatic ring is 1. The van der Waals surface area contributed by atoms with Crippen LogP contribution in [0, 0.1) is 0 Å². The predicted octanol–water partition coefficient (Wildman–Crippen LogP) is 1.12. The van der Waals surface area contributed by atoms with Gasteiger partial charge in [-0.1, -0.05) is 6.07 Å². The average molecular weight is 174 g/mol. The Bertz CT molecular complexity index is 514. The highest BCUT2D eigenvalue weighted by Crippen LogP contribution is 2.17. The molecule has 3 nitrogen and oxygen atoms in total. The van der Waals surface area contributed by atoms with E-state index in [0.29, 0.717) is 5.69 Å². The molecule has 0 unspecified atom stereocenters. The number of pyridine rings is 1. The Morgan fingerprint density at radius 3 is 2.77 bits per heavy atom. The number of aryl methyl sites for hydroxylation is 1. The van der Waals surface area contributed by atoms with Gasteiger partial charge in [0.1, 0.15) is 0 Å². The molecule has 1 heterocycles. The summed E-state index contributed by atoms with van der Waals surface area (Å²) < 4.78 is 1.59. The zero-order chi connectivity index (χ0) is 9.42. The molecular formula is C10H10N2O. The fraction of sp³-hybridized carbons (Fsp3) is 0.100. The molecule has 0 aliphatic rings. The topological polar surface area (TPSA) is 48.0 Å². The highest BCUT2D eigenvalue weighted by atomic mass is 16.1. The lowest BCUT2D eigenvalue weighted by atomic mass is 10.2. The summed E-state index contributed by atoms with van der Waals surface area (Å²) in [6.07, 6.45) is 0. The smallest absolute Gasteiger partial charge is 0.250 e. The molecule has 0 atom stereocenters. The molecule has 1 aromatic heterocycles. The van der Waals surface area contributed by atoms with Crippen molar-refractivity contribution in [1.29, 1.82) is 0 Å². The highest BCUT2D eigenvalue weighted by molar-refractivity contribution is 5.90. The van der Waals surface area contributed by atoms with Crippen molar-refractivity contribution in [2.45, 2.75) is 0 Å². The van der Waals surface area contributed by atoms with Gasteiger partial charge in [-0.25, -0.2) is 0 Å². The average Bonchev–Trinajstić information content (AvgIpc) is 2.12.